The van der Waals surface area contributed by atoms with Crippen LogP contribution in [0.1, 0.15) is 5.56 Å². The second kappa shape index (κ2) is 8.01. The van der Waals surface area contributed by atoms with Gasteiger partial charge in [0, 0.05) is 24.7 Å². The summed E-state index contributed by atoms with van der Waals surface area (Å²) in [4.78, 5) is 23.9. The van der Waals surface area contributed by atoms with Crippen LogP contribution in [0, 0.1) is 18.6 Å². The molecule has 4 aromatic rings. The molecular weight excluding hydrogens is 420 g/mol. The lowest BCUT2D eigenvalue weighted by molar-refractivity contribution is -0.0498. The Morgan fingerprint density at radius 3 is 2.52 bits per heavy atom. The number of hydrogen-bond donors (Lipinski definition) is 0. The summed E-state index contributed by atoms with van der Waals surface area (Å²) in [6.45, 7) is -1.57. The Morgan fingerprint density at radius 1 is 1.10 bits per heavy atom. The molecule has 0 saturated heterocycles. The number of pyridine rings is 1. The Hall–Kier alpha value is -4.02. The number of benzene rings is 1. The van der Waals surface area contributed by atoms with E-state index in [9.17, 15) is 22.4 Å². The number of oxazole rings is 1. The van der Waals surface area contributed by atoms with Crippen molar-refractivity contribution < 1.29 is 26.7 Å². The molecule has 0 spiro atoms. The molecule has 0 unspecified atom stereocenters. The molecule has 0 aliphatic carbocycles. The van der Waals surface area contributed by atoms with Crippen LogP contribution in [0.25, 0.3) is 28.7 Å². The zero-order valence-electron chi connectivity index (χ0n) is 15.7. The molecule has 0 aliphatic rings. The number of hydrogen-bond acceptors (Lipinski definition) is 6. The number of ether oxygens (including phenoxy) is 1. The summed E-state index contributed by atoms with van der Waals surface area (Å²) < 4.78 is 65.2. The highest BCUT2D eigenvalue weighted by Crippen LogP contribution is 2.35. The lowest BCUT2D eigenvalue weighted by Crippen LogP contribution is -2.20. The lowest BCUT2D eigenvalue weighted by atomic mass is 10.1. The standard InChI is InChI=1S/C20H12F4N4O3/c1-10-7-12(21)15(13(22)8-10)16-17(28-6-2-4-26-20(28)29)27-18(31-16)14-9-11(3-5-25-14)30-19(23)24/h2-9,19H,1H3. The number of aromatic nitrogens is 4. The van der Waals surface area contributed by atoms with Gasteiger partial charge in [0.05, 0.1) is 5.56 Å². The van der Waals surface area contributed by atoms with Gasteiger partial charge in [-0.15, -0.1) is 0 Å². The van der Waals surface area contributed by atoms with Crippen LogP contribution in [0.5, 0.6) is 5.75 Å². The van der Waals surface area contributed by atoms with Crippen molar-refractivity contribution in [1.29, 1.82) is 0 Å². The molecule has 3 aromatic heterocycles. The summed E-state index contributed by atoms with van der Waals surface area (Å²) in [5.41, 5.74) is -1.07. The summed E-state index contributed by atoms with van der Waals surface area (Å²) in [5, 5.41) is 0. The molecule has 0 amide bonds. The molecular formula is C20H12F4N4O3. The van der Waals surface area contributed by atoms with Crippen LogP contribution in [0.15, 0.2) is 58.1 Å². The van der Waals surface area contributed by atoms with Crippen molar-refractivity contribution in [3.63, 3.8) is 0 Å². The van der Waals surface area contributed by atoms with Crippen molar-refractivity contribution in [2.75, 3.05) is 0 Å². The van der Waals surface area contributed by atoms with Crippen LogP contribution < -0.4 is 10.4 Å². The second-order valence-corrected chi connectivity index (χ2v) is 6.30. The third-order valence-corrected chi connectivity index (χ3v) is 4.14. The Kier molecular flexibility index (Phi) is 5.24. The van der Waals surface area contributed by atoms with Crippen molar-refractivity contribution in [2.24, 2.45) is 0 Å². The van der Waals surface area contributed by atoms with E-state index >= 15 is 0 Å². The van der Waals surface area contributed by atoms with Crippen molar-refractivity contribution in [3.05, 3.63) is 76.6 Å². The first kappa shape index (κ1) is 20.3. The van der Waals surface area contributed by atoms with E-state index in [-0.39, 0.29) is 23.2 Å². The van der Waals surface area contributed by atoms with Gasteiger partial charge in [-0.2, -0.15) is 13.8 Å². The van der Waals surface area contributed by atoms with Gasteiger partial charge in [-0.1, -0.05) is 0 Å². The molecule has 0 N–H and O–H groups in total. The molecule has 0 radical (unpaired) electrons. The Balaban J connectivity index is 1.95. The van der Waals surface area contributed by atoms with Gasteiger partial charge in [0.2, 0.25) is 5.89 Å². The van der Waals surface area contributed by atoms with E-state index < -0.39 is 35.3 Å². The maximum absolute atomic E-state index is 14.7. The minimum Gasteiger partial charge on any atom is -0.435 e. The fraction of sp³-hybridized carbons (Fsp3) is 0.100. The zero-order chi connectivity index (χ0) is 22.1. The van der Waals surface area contributed by atoms with Crippen molar-refractivity contribution in [1.82, 2.24) is 19.5 Å². The number of alkyl halides is 2. The molecule has 3 heterocycles. The van der Waals surface area contributed by atoms with Crippen LogP contribution >= 0.6 is 0 Å². The molecule has 0 saturated carbocycles. The van der Waals surface area contributed by atoms with Crippen LogP contribution in [-0.4, -0.2) is 26.1 Å². The largest absolute Gasteiger partial charge is 0.435 e. The predicted molar refractivity (Wildman–Crippen MR) is 99.8 cm³/mol. The monoisotopic (exact) mass is 432 g/mol. The maximum Gasteiger partial charge on any atom is 0.387 e. The third-order valence-electron chi connectivity index (χ3n) is 4.14. The Bertz CT molecular complexity index is 1300. The third kappa shape index (κ3) is 4.02. The highest BCUT2D eigenvalue weighted by atomic mass is 19.3. The van der Waals surface area contributed by atoms with Crippen LogP contribution in [-0.2, 0) is 0 Å². The quantitative estimate of drug-likeness (QED) is 0.441. The number of nitrogens with zero attached hydrogens (tertiary/aromatic N) is 4. The van der Waals surface area contributed by atoms with E-state index in [4.69, 9.17) is 4.42 Å². The second-order valence-electron chi connectivity index (χ2n) is 6.30. The maximum atomic E-state index is 14.7. The normalized spacial score (nSPS) is 11.2. The van der Waals surface area contributed by atoms with E-state index in [0.717, 1.165) is 22.8 Å². The first-order valence-corrected chi connectivity index (χ1v) is 8.75. The first-order valence-electron chi connectivity index (χ1n) is 8.75. The molecule has 0 atom stereocenters. The van der Waals surface area contributed by atoms with Gasteiger partial charge in [-0.25, -0.2) is 23.1 Å². The lowest BCUT2D eigenvalue weighted by Gasteiger charge is -2.06. The van der Waals surface area contributed by atoms with Crippen molar-refractivity contribution in [3.8, 4) is 34.5 Å². The molecule has 0 bridgehead atoms. The first-order chi connectivity index (χ1) is 14.8. The molecule has 0 fully saturated rings. The Morgan fingerprint density at radius 2 is 1.84 bits per heavy atom. The number of halogens is 4. The molecule has 158 valence electrons. The summed E-state index contributed by atoms with van der Waals surface area (Å²) >= 11 is 0. The summed E-state index contributed by atoms with van der Waals surface area (Å²) in [6, 6.07) is 5.89. The van der Waals surface area contributed by atoms with Crippen LogP contribution in [0.3, 0.4) is 0 Å². The van der Waals surface area contributed by atoms with Crippen LogP contribution in [0.2, 0.25) is 0 Å². The van der Waals surface area contributed by atoms with E-state index in [1.54, 1.807) is 0 Å². The SMILES string of the molecule is Cc1cc(F)c(-c2oc(-c3cc(OC(F)F)ccn3)nc2-n2cccnc2=O)c(F)c1. The molecule has 1 aromatic carbocycles. The number of aryl methyl sites for hydroxylation is 1. The van der Waals surface area contributed by atoms with Gasteiger partial charge < -0.3 is 9.15 Å². The fourth-order valence-corrected chi connectivity index (χ4v) is 2.89. The predicted octanol–water partition coefficient (Wildman–Crippen LogP) is 4.14. The minimum atomic E-state index is -3.07. The molecule has 7 nitrogen and oxygen atoms in total. The molecule has 31 heavy (non-hydrogen) atoms. The highest BCUT2D eigenvalue weighted by molar-refractivity contribution is 5.69. The molecule has 4 rings (SSSR count). The van der Waals surface area contributed by atoms with Gasteiger partial charge in [0.1, 0.15) is 23.1 Å². The minimum absolute atomic E-state index is 0.0597. The smallest absolute Gasteiger partial charge is 0.387 e. The van der Waals surface area contributed by atoms with Crippen LogP contribution in [0.4, 0.5) is 17.6 Å². The summed E-state index contributed by atoms with van der Waals surface area (Å²) in [6.07, 6.45) is 3.69. The summed E-state index contributed by atoms with van der Waals surface area (Å²) in [5.74, 6) is -3.05. The van der Waals surface area contributed by atoms with E-state index in [1.165, 1.54) is 37.6 Å². The van der Waals surface area contributed by atoms with E-state index in [1.807, 2.05) is 0 Å². The molecule has 0 aliphatic heterocycles. The van der Waals surface area contributed by atoms with Gasteiger partial charge >= 0.3 is 12.3 Å². The molecule has 11 heteroatoms. The summed E-state index contributed by atoms with van der Waals surface area (Å²) in [7, 11) is 0. The Labute approximate surface area is 171 Å². The van der Waals surface area contributed by atoms with Crippen molar-refractivity contribution in [2.45, 2.75) is 13.5 Å². The van der Waals surface area contributed by atoms with Gasteiger partial charge in [0.25, 0.3) is 0 Å². The number of rotatable bonds is 5. The van der Waals surface area contributed by atoms with Gasteiger partial charge in [-0.3, -0.25) is 4.98 Å². The van der Waals surface area contributed by atoms with Gasteiger partial charge in [0.15, 0.2) is 11.6 Å². The fourth-order valence-electron chi connectivity index (χ4n) is 2.89. The van der Waals surface area contributed by atoms with E-state index in [0.29, 0.717) is 5.56 Å². The van der Waals surface area contributed by atoms with Crippen molar-refractivity contribution >= 4 is 0 Å². The zero-order valence-corrected chi connectivity index (χ0v) is 15.7. The average Bonchev–Trinajstić information content (AvgIpc) is 3.12. The topological polar surface area (TPSA) is 83.0 Å². The highest BCUT2D eigenvalue weighted by Gasteiger charge is 2.25. The average molecular weight is 432 g/mol. The van der Waals surface area contributed by atoms with Gasteiger partial charge in [-0.05, 0) is 36.8 Å². The van der Waals surface area contributed by atoms with E-state index in [2.05, 4.69) is 19.7 Å².